The summed E-state index contributed by atoms with van der Waals surface area (Å²) in [4.78, 5) is 24.0. The average molecular weight is 403 g/mol. The Morgan fingerprint density at radius 2 is 2.17 bits per heavy atom. The molecule has 1 aromatic rings. The number of hydrogen-bond donors (Lipinski definition) is 2. The lowest BCUT2D eigenvalue weighted by atomic mass is 9.94. The molecule has 1 saturated heterocycles. The summed E-state index contributed by atoms with van der Waals surface area (Å²) in [6.45, 7) is 5.30. The number of nitrogens with one attached hydrogen (secondary N) is 1. The zero-order valence-electron chi connectivity index (χ0n) is 17.3. The smallest absolute Gasteiger partial charge is 0.342 e. The van der Waals surface area contributed by atoms with Crippen molar-refractivity contribution in [1.29, 1.82) is 0 Å². The van der Waals surface area contributed by atoms with Crippen LogP contribution in [0.2, 0.25) is 0 Å². The molecule has 1 aromatic carbocycles. The highest BCUT2D eigenvalue weighted by Gasteiger charge is 2.31. The van der Waals surface area contributed by atoms with Gasteiger partial charge in [-0.1, -0.05) is 11.6 Å². The molecule has 0 radical (unpaired) electrons. The van der Waals surface area contributed by atoms with E-state index in [1.54, 1.807) is 7.11 Å². The highest BCUT2D eigenvalue weighted by Crippen LogP contribution is 2.42. The highest BCUT2D eigenvalue weighted by molar-refractivity contribution is 5.98. The molecule has 29 heavy (non-hydrogen) atoms. The fraction of sp³-hybridized carbons (Fsp3) is 0.545. The second kappa shape index (κ2) is 9.31. The van der Waals surface area contributed by atoms with Crippen LogP contribution in [0.15, 0.2) is 11.6 Å². The van der Waals surface area contributed by atoms with Gasteiger partial charge in [0.15, 0.2) is 0 Å². The number of benzene rings is 1. The fourth-order valence-corrected chi connectivity index (χ4v) is 3.84. The van der Waals surface area contributed by atoms with Gasteiger partial charge in [-0.05, 0) is 45.1 Å². The number of methoxy groups -OCH3 is 1. The fourth-order valence-electron chi connectivity index (χ4n) is 3.84. The molecule has 0 saturated carbocycles. The Morgan fingerprint density at radius 3 is 2.86 bits per heavy atom. The average Bonchev–Trinajstić information content (AvgIpc) is 3.36. The van der Waals surface area contributed by atoms with E-state index >= 15 is 0 Å². The number of amides is 1. The number of carbonyl (C=O) groups is 2. The van der Waals surface area contributed by atoms with Gasteiger partial charge in [0.25, 0.3) is 0 Å². The summed E-state index contributed by atoms with van der Waals surface area (Å²) in [5, 5.41) is 13.6. The Balaban J connectivity index is 1.61. The standard InChI is InChI=1S/C22H29NO6/c1-13(7-9-18(24)23-11-15-5-4-10-28-15)6-8-16-20(25)19-17(12-29-22(19)26)14(2)21(16)27-3/h6,15,25H,4-5,7-12H2,1-3H3,(H,23,24)/b13-6+. The van der Waals surface area contributed by atoms with Crippen molar-refractivity contribution in [2.75, 3.05) is 20.3 Å². The predicted octanol–water partition coefficient (Wildman–Crippen LogP) is 2.94. The maximum atomic E-state index is 12.0. The van der Waals surface area contributed by atoms with E-state index in [0.29, 0.717) is 42.7 Å². The lowest BCUT2D eigenvalue weighted by Crippen LogP contribution is -2.31. The highest BCUT2D eigenvalue weighted by atomic mass is 16.5. The molecule has 0 aliphatic carbocycles. The largest absolute Gasteiger partial charge is 0.507 e. The number of rotatable bonds is 8. The summed E-state index contributed by atoms with van der Waals surface area (Å²) in [6, 6.07) is 0. The van der Waals surface area contributed by atoms with E-state index < -0.39 is 5.97 Å². The van der Waals surface area contributed by atoms with E-state index in [9.17, 15) is 14.7 Å². The number of ether oxygens (including phenoxy) is 3. The monoisotopic (exact) mass is 403 g/mol. The molecule has 2 aliphatic heterocycles. The molecular weight excluding hydrogens is 374 g/mol. The van der Waals surface area contributed by atoms with Gasteiger partial charge >= 0.3 is 5.97 Å². The van der Waals surface area contributed by atoms with Crippen LogP contribution in [0.1, 0.15) is 59.7 Å². The quantitative estimate of drug-likeness (QED) is 0.512. The molecule has 0 spiro atoms. The molecular formula is C22H29NO6. The van der Waals surface area contributed by atoms with Crippen molar-refractivity contribution in [3.63, 3.8) is 0 Å². The van der Waals surface area contributed by atoms with Crippen molar-refractivity contribution in [2.45, 2.75) is 58.7 Å². The Hall–Kier alpha value is -2.54. The van der Waals surface area contributed by atoms with E-state index in [-0.39, 0.29) is 29.9 Å². The van der Waals surface area contributed by atoms with Gasteiger partial charge < -0.3 is 24.6 Å². The molecule has 1 atom stereocenters. The van der Waals surface area contributed by atoms with E-state index in [4.69, 9.17) is 14.2 Å². The summed E-state index contributed by atoms with van der Waals surface area (Å²) in [5.74, 6) is -0.0147. The molecule has 2 aliphatic rings. The normalized spacial score (nSPS) is 18.5. The molecule has 2 heterocycles. The van der Waals surface area contributed by atoms with Crippen molar-refractivity contribution in [3.05, 3.63) is 33.9 Å². The summed E-state index contributed by atoms with van der Waals surface area (Å²) in [7, 11) is 1.55. The Bertz CT molecular complexity index is 823. The number of phenols is 1. The number of fused-ring (bicyclic) bond motifs is 1. The second-order valence-electron chi connectivity index (χ2n) is 7.61. The van der Waals surface area contributed by atoms with Crippen LogP contribution in [0.3, 0.4) is 0 Å². The van der Waals surface area contributed by atoms with Crippen LogP contribution in [-0.4, -0.2) is 43.3 Å². The zero-order chi connectivity index (χ0) is 21.0. The van der Waals surface area contributed by atoms with Crippen molar-refractivity contribution < 1.29 is 28.9 Å². The van der Waals surface area contributed by atoms with Gasteiger partial charge in [0, 0.05) is 30.7 Å². The second-order valence-corrected chi connectivity index (χ2v) is 7.61. The number of carbonyl (C=O) groups excluding carboxylic acids is 2. The summed E-state index contributed by atoms with van der Waals surface area (Å²) < 4.78 is 16.1. The molecule has 158 valence electrons. The van der Waals surface area contributed by atoms with Crippen molar-refractivity contribution >= 4 is 11.9 Å². The number of esters is 1. The van der Waals surface area contributed by atoms with Gasteiger partial charge in [0.05, 0.1) is 13.2 Å². The maximum Gasteiger partial charge on any atom is 0.342 e. The van der Waals surface area contributed by atoms with Crippen molar-refractivity contribution in [2.24, 2.45) is 0 Å². The topological polar surface area (TPSA) is 94.1 Å². The van der Waals surface area contributed by atoms with Crippen LogP contribution in [0.25, 0.3) is 0 Å². The first kappa shape index (κ1) is 21.2. The third kappa shape index (κ3) is 4.72. The van der Waals surface area contributed by atoms with Crippen LogP contribution >= 0.6 is 0 Å². The first-order chi connectivity index (χ1) is 13.9. The molecule has 1 unspecified atom stereocenters. The third-order valence-corrected chi connectivity index (χ3v) is 5.60. The van der Waals surface area contributed by atoms with Crippen LogP contribution < -0.4 is 10.1 Å². The molecule has 7 nitrogen and oxygen atoms in total. The van der Waals surface area contributed by atoms with Crippen molar-refractivity contribution in [1.82, 2.24) is 5.32 Å². The summed E-state index contributed by atoms with van der Waals surface area (Å²) in [5.41, 5.74) is 3.31. The number of aromatic hydroxyl groups is 1. The van der Waals surface area contributed by atoms with Gasteiger partial charge in [-0.2, -0.15) is 0 Å². The van der Waals surface area contributed by atoms with E-state index in [1.165, 1.54) is 0 Å². The van der Waals surface area contributed by atoms with Gasteiger partial charge in [0.1, 0.15) is 23.7 Å². The molecule has 0 aromatic heterocycles. The van der Waals surface area contributed by atoms with Crippen LogP contribution in [0, 0.1) is 6.92 Å². The van der Waals surface area contributed by atoms with Crippen molar-refractivity contribution in [3.8, 4) is 11.5 Å². The Labute approximate surface area is 171 Å². The first-order valence-corrected chi connectivity index (χ1v) is 10.0. The summed E-state index contributed by atoms with van der Waals surface area (Å²) >= 11 is 0. The predicted molar refractivity (Wildman–Crippen MR) is 107 cm³/mol. The molecule has 3 rings (SSSR count). The Morgan fingerprint density at radius 1 is 1.38 bits per heavy atom. The van der Waals surface area contributed by atoms with Gasteiger partial charge in [-0.3, -0.25) is 4.79 Å². The van der Waals surface area contributed by atoms with Gasteiger partial charge in [0.2, 0.25) is 5.91 Å². The number of cyclic esters (lactones) is 1. The van der Waals surface area contributed by atoms with E-state index in [0.717, 1.165) is 30.6 Å². The van der Waals surface area contributed by atoms with Crippen LogP contribution in [-0.2, 0) is 27.3 Å². The van der Waals surface area contributed by atoms with Gasteiger partial charge in [-0.15, -0.1) is 0 Å². The van der Waals surface area contributed by atoms with Gasteiger partial charge in [-0.25, -0.2) is 4.79 Å². The van der Waals surface area contributed by atoms with E-state index in [2.05, 4.69) is 5.32 Å². The first-order valence-electron chi connectivity index (χ1n) is 10.0. The minimum atomic E-state index is -0.506. The minimum Gasteiger partial charge on any atom is -0.507 e. The third-order valence-electron chi connectivity index (χ3n) is 5.60. The van der Waals surface area contributed by atoms with Crippen LogP contribution in [0.4, 0.5) is 0 Å². The number of phenolic OH excluding ortho intramolecular Hbond substituents is 1. The molecule has 2 N–H and O–H groups in total. The molecule has 1 amide bonds. The number of allylic oxidation sites excluding steroid dienone is 2. The SMILES string of the molecule is COc1c(C)c2c(c(O)c1C/C=C(\C)CCC(=O)NCC1CCCO1)C(=O)OC2. The minimum absolute atomic E-state index is 0.00444. The lowest BCUT2D eigenvalue weighted by Gasteiger charge is -2.15. The van der Waals surface area contributed by atoms with E-state index in [1.807, 2.05) is 19.9 Å². The molecule has 0 bridgehead atoms. The lowest BCUT2D eigenvalue weighted by molar-refractivity contribution is -0.121. The maximum absolute atomic E-state index is 12.0. The summed E-state index contributed by atoms with van der Waals surface area (Å²) in [6.07, 6.45) is 5.56. The molecule has 7 heteroatoms. The number of hydrogen-bond acceptors (Lipinski definition) is 6. The zero-order valence-corrected chi connectivity index (χ0v) is 17.3. The Kier molecular flexibility index (Phi) is 6.79. The van der Waals surface area contributed by atoms with Crippen LogP contribution in [0.5, 0.6) is 11.5 Å². The molecule has 1 fully saturated rings.